The van der Waals surface area contributed by atoms with Gasteiger partial charge in [-0.05, 0) is 48.4 Å². The summed E-state index contributed by atoms with van der Waals surface area (Å²) in [5.74, 6) is 1.36. The molecule has 0 fully saturated rings. The number of anilines is 2. The van der Waals surface area contributed by atoms with Crippen molar-refractivity contribution in [2.24, 2.45) is 0 Å². The molecule has 2 aromatic rings. The summed E-state index contributed by atoms with van der Waals surface area (Å²) in [5, 5.41) is 9.30. The summed E-state index contributed by atoms with van der Waals surface area (Å²) < 4.78 is 0. The standard InChI is InChI=1S/C21H28N4O/c1-14(2)18-8-4-6-15(3)19(18)25-21(26)23-13-11-17-10-9-16-7-5-12-22-20(16)24-17/h4,6,8-10,14H,5,7,11-13H2,1-3H3,(H,22,24)(H2,23,25,26). The Morgan fingerprint density at radius 1 is 1.27 bits per heavy atom. The molecule has 0 saturated carbocycles. The van der Waals surface area contributed by atoms with Crippen LogP contribution in [0.3, 0.4) is 0 Å². The smallest absolute Gasteiger partial charge is 0.319 e. The summed E-state index contributed by atoms with van der Waals surface area (Å²) in [6, 6.07) is 10.2. The van der Waals surface area contributed by atoms with Crippen molar-refractivity contribution in [2.45, 2.75) is 46.0 Å². The Balaban J connectivity index is 1.55. The van der Waals surface area contributed by atoms with Crippen LogP contribution >= 0.6 is 0 Å². The van der Waals surface area contributed by atoms with Crippen molar-refractivity contribution < 1.29 is 4.79 Å². The van der Waals surface area contributed by atoms with Crippen LogP contribution in [-0.4, -0.2) is 24.1 Å². The van der Waals surface area contributed by atoms with E-state index in [-0.39, 0.29) is 6.03 Å². The lowest BCUT2D eigenvalue weighted by atomic mass is 9.98. The monoisotopic (exact) mass is 352 g/mol. The van der Waals surface area contributed by atoms with Gasteiger partial charge in [-0.15, -0.1) is 0 Å². The summed E-state index contributed by atoms with van der Waals surface area (Å²) in [6.45, 7) is 7.83. The molecule has 2 amide bonds. The van der Waals surface area contributed by atoms with Crippen LogP contribution in [0.2, 0.25) is 0 Å². The topological polar surface area (TPSA) is 66.0 Å². The molecule has 0 saturated heterocycles. The maximum absolute atomic E-state index is 12.3. The molecule has 5 heteroatoms. The fraction of sp³-hybridized carbons (Fsp3) is 0.429. The molecule has 3 N–H and O–H groups in total. The Bertz CT molecular complexity index is 786. The molecule has 1 aromatic carbocycles. The zero-order valence-corrected chi connectivity index (χ0v) is 15.9. The van der Waals surface area contributed by atoms with Gasteiger partial charge in [0.15, 0.2) is 0 Å². The first-order valence-electron chi connectivity index (χ1n) is 9.41. The minimum absolute atomic E-state index is 0.169. The molecule has 138 valence electrons. The van der Waals surface area contributed by atoms with E-state index in [0.717, 1.165) is 47.7 Å². The number of nitrogens with one attached hydrogen (secondary N) is 3. The maximum atomic E-state index is 12.3. The summed E-state index contributed by atoms with van der Waals surface area (Å²) in [7, 11) is 0. The molecule has 0 unspecified atom stereocenters. The number of urea groups is 1. The van der Waals surface area contributed by atoms with Crippen molar-refractivity contribution in [1.82, 2.24) is 10.3 Å². The number of carbonyl (C=O) groups is 1. The van der Waals surface area contributed by atoms with Crippen LogP contribution in [0.25, 0.3) is 0 Å². The van der Waals surface area contributed by atoms with Crippen molar-refractivity contribution in [1.29, 1.82) is 0 Å². The number of hydrogen-bond acceptors (Lipinski definition) is 3. The first kappa shape index (κ1) is 18.2. The largest absolute Gasteiger partial charge is 0.370 e. The summed E-state index contributed by atoms with van der Waals surface area (Å²) in [6.07, 6.45) is 2.96. The Morgan fingerprint density at radius 3 is 2.92 bits per heavy atom. The molecule has 1 aliphatic heterocycles. The van der Waals surface area contributed by atoms with Crippen molar-refractivity contribution >= 4 is 17.5 Å². The highest BCUT2D eigenvalue weighted by Crippen LogP contribution is 2.27. The molecule has 0 aliphatic carbocycles. The molecule has 0 radical (unpaired) electrons. The molecule has 0 spiro atoms. The quantitative estimate of drug-likeness (QED) is 0.754. The second kappa shape index (κ2) is 8.21. The lowest BCUT2D eigenvalue weighted by Gasteiger charge is -2.18. The van der Waals surface area contributed by atoms with E-state index in [1.807, 2.05) is 19.1 Å². The van der Waals surface area contributed by atoms with Gasteiger partial charge in [0.05, 0.1) is 0 Å². The van der Waals surface area contributed by atoms with Crippen LogP contribution < -0.4 is 16.0 Å². The minimum Gasteiger partial charge on any atom is -0.370 e. The summed E-state index contributed by atoms with van der Waals surface area (Å²) >= 11 is 0. The molecule has 3 rings (SSSR count). The average Bonchev–Trinajstić information content (AvgIpc) is 2.63. The van der Waals surface area contributed by atoms with E-state index in [1.165, 1.54) is 5.56 Å². The Labute approximate surface area is 155 Å². The molecule has 1 aromatic heterocycles. The summed E-state index contributed by atoms with van der Waals surface area (Å²) in [5.41, 5.74) is 5.43. The zero-order valence-electron chi connectivity index (χ0n) is 15.9. The van der Waals surface area contributed by atoms with E-state index >= 15 is 0 Å². The molecule has 0 atom stereocenters. The minimum atomic E-state index is -0.169. The van der Waals surface area contributed by atoms with E-state index in [2.05, 4.69) is 53.0 Å². The van der Waals surface area contributed by atoms with Gasteiger partial charge < -0.3 is 16.0 Å². The van der Waals surface area contributed by atoms with Crippen LogP contribution in [0.5, 0.6) is 0 Å². The Morgan fingerprint density at radius 2 is 2.12 bits per heavy atom. The Kier molecular flexibility index (Phi) is 5.76. The van der Waals surface area contributed by atoms with E-state index in [0.29, 0.717) is 18.9 Å². The number of fused-ring (bicyclic) bond motifs is 1. The van der Waals surface area contributed by atoms with Gasteiger partial charge in [-0.1, -0.05) is 38.1 Å². The average molecular weight is 352 g/mol. The number of nitrogens with zero attached hydrogens (tertiary/aromatic N) is 1. The van der Waals surface area contributed by atoms with Gasteiger partial charge in [0, 0.05) is 30.9 Å². The third-order valence-corrected chi connectivity index (χ3v) is 4.78. The maximum Gasteiger partial charge on any atom is 0.319 e. The number of hydrogen-bond donors (Lipinski definition) is 3. The van der Waals surface area contributed by atoms with Gasteiger partial charge >= 0.3 is 6.03 Å². The van der Waals surface area contributed by atoms with Crippen molar-refractivity contribution in [3.05, 3.63) is 52.7 Å². The Hall–Kier alpha value is -2.56. The van der Waals surface area contributed by atoms with Gasteiger partial charge in [-0.2, -0.15) is 0 Å². The van der Waals surface area contributed by atoms with Gasteiger partial charge in [0.25, 0.3) is 0 Å². The fourth-order valence-corrected chi connectivity index (χ4v) is 3.31. The van der Waals surface area contributed by atoms with E-state index in [1.54, 1.807) is 0 Å². The molecular weight excluding hydrogens is 324 g/mol. The predicted molar refractivity (Wildman–Crippen MR) is 107 cm³/mol. The number of aryl methyl sites for hydroxylation is 2. The number of pyridine rings is 1. The number of benzene rings is 1. The van der Waals surface area contributed by atoms with Crippen LogP contribution in [-0.2, 0) is 12.8 Å². The second-order valence-corrected chi connectivity index (χ2v) is 7.17. The number of carbonyl (C=O) groups excluding carboxylic acids is 1. The van der Waals surface area contributed by atoms with Crippen LogP contribution in [0.4, 0.5) is 16.3 Å². The first-order chi connectivity index (χ1) is 12.5. The number of amides is 2. The molecule has 0 bridgehead atoms. The van der Waals surface area contributed by atoms with Crippen LogP contribution in [0, 0.1) is 6.92 Å². The van der Waals surface area contributed by atoms with Gasteiger partial charge in [-0.3, -0.25) is 0 Å². The lowest BCUT2D eigenvalue weighted by Crippen LogP contribution is -2.31. The number of para-hydroxylation sites is 1. The molecule has 5 nitrogen and oxygen atoms in total. The third kappa shape index (κ3) is 4.34. The van der Waals surface area contributed by atoms with Crippen molar-refractivity contribution in [3.8, 4) is 0 Å². The third-order valence-electron chi connectivity index (χ3n) is 4.78. The summed E-state index contributed by atoms with van der Waals surface area (Å²) in [4.78, 5) is 17.0. The van der Waals surface area contributed by atoms with Crippen LogP contribution in [0.1, 0.15) is 48.6 Å². The molecule has 26 heavy (non-hydrogen) atoms. The van der Waals surface area contributed by atoms with Crippen LogP contribution in [0.15, 0.2) is 30.3 Å². The number of rotatable bonds is 5. The highest BCUT2D eigenvalue weighted by Gasteiger charge is 2.13. The first-order valence-corrected chi connectivity index (χ1v) is 9.41. The lowest BCUT2D eigenvalue weighted by molar-refractivity contribution is 0.252. The van der Waals surface area contributed by atoms with E-state index in [9.17, 15) is 4.79 Å². The van der Waals surface area contributed by atoms with Gasteiger partial charge in [-0.25, -0.2) is 9.78 Å². The van der Waals surface area contributed by atoms with Crippen molar-refractivity contribution in [2.75, 3.05) is 23.7 Å². The van der Waals surface area contributed by atoms with Gasteiger partial charge in [0.1, 0.15) is 5.82 Å². The molecular formula is C21H28N4O. The molecule has 2 heterocycles. The second-order valence-electron chi connectivity index (χ2n) is 7.17. The fourth-order valence-electron chi connectivity index (χ4n) is 3.31. The zero-order chi connectivity index (χ0) is 18.5. The van der Waals surface area contributed by atoms with E-state index in [4.69, 9.17) is 0 Å². The highest BCUT2D eigenvalue weighted by molar-refractivity contribution is 5.91. The predicted octanol–water partition coefficient (Wildman–Crippen LogP) is 4.24. The normalized spacial score (nSPS) is 13.1. The van der Waals surface area contributed by atoms with E-state index < -0.39 is 0 Å². The number of aromatic nitrogens is 1. The van der Waals surface area contributed by atoms with Crippen molar-refractivity contribution in [3.63, 3.8) is 0 Å². The van der Waals surface area contributed by atoms with Gasteiger partial charge in [0.2, 0.25) is 0 Å². The molecule has 1 aliphatic rings. The highest BCUT2D eigenvalue weighted by atomic mass is 16.2. The SMILES string of the molecule is Cc1cccc(C(C)C)c1NC(=O)NCCc1ccc2c(n1)NCCC2.